The normalized spacial score (nSPS) is 28.1. The van der Waals surface area contributed by atoms with E-state index in [1.807, 2.05) is 0 Å². The van der Waals surface area contributed by atoms with Crippen LogP contribution in [0.5, 0.6) is 0 Å². The monoisotopic (exact) mass is 208 g/mol. The first kappa shape index (κ1) is 11.8. The van der Waals surface area contributed by atoms with Gasteiger partial charge in [0.25, 0.3) is 0 Å². The number of methoxy groups -OCH3 is 1. The van der Waals surface area contributed by atoms with Crippen molar-refractivity contribution in [1.82, 2.24) is 0 Å². The van der Waals surface area contributed by atoms with E-state index in [1.54, 1.807) is 6.92 Å². The number of ether oxygens (including phenoxy) is 1. The summed E-state index contributed by atoms with van der Waals surface area (Å²) in [7, 11) is 1.35. The summed E-state index contributed by atoms with van der Waals surface area (Å²) in [4.78, 5) is 11.1. The number of carbonyl (C=O) groups excluding carboxylic acids is 1. The SMILES string of the molecule is CC#CC1/C(=C\C(=O)OC)CCCC1O. The summed E-state index contributed by atoms with van der Waals surface area (Å²) in [5.74, 6) is 5.14. The number of aliphatic hydroxyl groups excluding tert-OH is 1. The van der Waals surface area contributed by atoms with E-state index in [1.165, 1.54) is 13.2 Å². The molecule has 82 valence electrons. The van der Waals surface area contributed by atoms with Crippen LogP contribution in [0.25, 0.3) is 0 Å². The molecule has 2 atom stereocenters. The lowest BCUT2D eigenvalue weighted by molar-refractivity contribution is -0.134. The quantitative estimate of drug-likeness (QED) is 0.401. The van der Waals surface area contributed by atoms with Crippen molar-refractivity contribution in [2.45, 2.75) is 32.3 Å². The van der Waals surface area contributed by atoms with Gasteiger partial charge in [0.05, 0.1) is 19.1 Å². The molecule has 1 saturated carbocycles. The second-order valence-electron chi connectivity index (χ2n) is 3.57. The Morgan fingerprint density at radius 1 is 1.67 bits per heavy atom. The van der Waals surface area contributed by atoms with Crippen molar-refractivity contribution in [2.24, 2.45) is 5.92 Å². The third-order valence-electron chi connectivity index (χ3n) is 2.55. The number of hydrogen-bond donors (Lipinski definition) is 1. The first-order valence-electron chi connectivity index (χ1n) is 5.07. The maximum absolute atomic E-state index is 11.1. The molecule has 0 saturated heterocycles. The van der Waals surface area contributed by atoms with Crippen LogP contribution in [0.4, 0.5) is 0 Å². The standard InChI is InChI=1S/C12H16O3/c1-3-5-10-9(8-12(14)15-2)6-4-7-11(10)13/h8,10-11,13H,4,6-7H2,1-2H3/b9-8-. The third kappa shape index (κ3) is 3.10. The lowest BCUT2D eigenvalue weighted by Gasteiger charge is -2.26. The van der Waals surface area contributed by atoms with Gasteiger partial charge in [0, 0.05) is 6.08 Å². The summed E-state index contributed by atoms with van der Waals surface area (Å²) in [5.41, 5.74) is 0.884. The molecule has 0 aliphatic heterocycles. The molecule has 3 nitrogen and oxygen atoms in total. The van der Waals surface area contributed by atoms with Crippen LogP contribution in [0.15, 0.2) is 11.6 Å². The zero-order valence-electron chi connectivity index (χ0n) is 9.12. The molecule has 15 heavy (non-hydrogen) atoms. The minimum atomic E-state index is -0.456. The summed E-state index contributed by atoms with van der Waals surface area (Å²) in [6.07, 6.45) is 3.45. The molecule has 0 aromatic rings. The van der Waals surface area contributed by atoms with Gasteiger partial charge in [-0.15, -0.1) is 5.92 Å². The average Bonchev–Trinajstić information content (AvgIpc) is 2.23. The fourth-order valence-electron chi connectivity index (χ4n) is 1.80. The van der Waals surface area contributed by atoms with E-state index in [-0.39, 0.29) is 11.9 Å². The smallest absolute Gasteiger partial charge is 0.330 e. The predicted molar refractivity (Wildman–Crippen MR) is 56.9 cm³/mol. The van der Waals surface area contributed by atoms with Crippen LogP contribution < -0.4 is 0 Å². The second-order valence-corrected chi connectivity index (χ2v) is 3.57. The van der Waals surface area contributed by atoms with Crippen LogP contribution in [0.2, 0.25) is 0 Å². The van der Waals surface area contributed by atoms with E-state index >= 15 is 0 Å². The highest BCUT2D eigenvalue weighted by molar-refractivity contribution is 5.82. The number of rotatable bonds is 1. The predicted octanol–water partition coefficient (Wildman–Crippen LogP) is 1.27. The van der Waals surface area contributed by atoms with Crippen molar-refractivity contribution in [1.29, 1.82) is 0 Å². The summed E-state index contributed by atoms with van der Waals surface area (Å²) < 4.78 is 4.57. The number of aliphatic hydroxyl groups is 1. The van der Waals surface area contributed by atoms with Crippen molar-refractivity contribution < 1.29 is 14.6 Å². The van der Waals surface area contributed by atoms with Gasteiger partial charge in [-0.25, -0.2) is 4.79 Å². The van der Waals surface area contributed by atoms with E-state index < -0.39 is 6.10 Å². The molecule has 1 N–H and O–H groups in total. The highest BCUT2D eigenvalue weighted by Gasteiger charge is 2.26. The van der Waals surface area contributed by atoms with Crippen molar-refractivity contribution in [3.8, 4) is 11.8 Å². The Hall–Kier alpha value is -1.27. The molecule has 1 fully saturated rings. The van der Waals surface area contributed by atoms with Crippen LogP contribution in [-0.4, -0.2) is 24.3 Å². The molecule has 0 radical (unpaired) electrons. The average molecular weight is 208 g/mol. The van der Waals surface area contributed by atoms with E-state index in [2.05, 4.69) is 16.6 Å². The largest absolute Gasteiger partial charge is 0.466 e. The molecule has 0 aromatic carbocycles. The van der Waals surface area contributed by atoms with Gasteiger partial charge in [-0.2, -0.15) is 0 Å². The van der Waals surface area contributed by atoms with E-state index in [0.717, 1.165) is 24.8 Å². The summed E-state index contributed by atoms with van der Waals surface area (Å²) in [6, 6.07) is 0. The Morgan fingerprint density at radius 3 is 3.00 bits per heavy atom. The van der Waals surface area contributed by atoms with Gasteiger partial charge in [0.2, 0.25) is 0 Å². The minimum Gasteiger partial charge on any atom is -0.466 e. The molecule has 3 heteroatoms. The van der Waals surface area contributed by atoms with Gasteiger partial charge in [0.1, 0.15) is 0 Å². The molecule has 0 bridgehead atoms. The molecule has 0 amide bonds. The van der Waals surface area contributed by atoms with Gasteiger partial charge in [0.15, 0.2) is 0 Å². The Bertz CT molecular complexity index is 319. The molecule has 0 spiro atoms. The maximum Gasteiger partial charge on any atom is 0.330 e. The van der Waals surface area contributed by atoms with Crippen LogP contribution in [0.3, 0.4) is 0 Å². The Balaban J connectivity index is 2.86. The zero-order valence-corrected chi connectivity index (χ0v) is 9.12. The first-order valence-corrected chi connectivity index (χ1v) is 5.07. The second kappa shape index (κ2) is 5.57. The molecule has 1 aliphatic carbocycles. The maximum atomic E-state index is 11.1. The van der Waals surface area contributed by atoms with Gasteiger partial charge in [-0.1, -0.05) is 5.92 Å². The highest BCUT2D eigenvalue weighted by atomic mass is 16.5. The van der Waals surface area contributed by atoms with E-state index in [4.69, 9.17) is 0 Å². The van der Waals surface area contributed by atoms with Crippen molar-refractivity contribution >= 4 is 5.97 Å². The molecule has 0 heterocycles. The Morgan fingerprint density at radius 2 is 2.40 bits per heavy atom. The topological polar surface area (TPSA) is 46.5 Å². The highest BCUT2D eigenvalue weighted by Crippen LogP contribution is 2.29. The molecular formula is C12H16O3. The molecule has 1 aliphatic rings. The van der Waals surface area contributed by atoms with Gasteiger partial charge >= 0.3 is 5.97 Å². The van der Waals surface area contributed by atoms with Crippen LogP contribution >= 0.6 is 0 Å². The van der Waals surface area contributed by atoms with Crippen LogP contribution in [-0.2, 0) is 9.53 Å². The van der Waals surface area contributed by atoms with Crippen LogP contribution in [0, 0.1) is 17.8 Å². The number of carbonyl (C=O) groups is 1. The van der Waals surface area contributed by atoms with Gasteiger partial charge < -0.3 is 9.84 Å². The summed E-state index contributed by atoms with van der Waals surface area (Å²) >= 11 is 0. The Kier molecular flexibility index (Phi) is 4.38. The van der Waals surface area contributed by atoms with Crippen LogP contribution in [0.1, 0.15) is 26.2 Å². The molecular weight excluding hydrogens is 192 g/mol. The van der Waals surface area contributed by atoms with E-state index in [0.29, 0.717) is 0 Å². The van der Waals surface area contributed by atoms with Gasteiger partial charge in [-0.05, 0) is 31.8 Å². The lowest BCUT2D eigenvalue weighted by atomic mass is 9.82. The molecule has 2 unspecified atom stereocenters. The fourth-order valence-corrected chi connectivity index (χ4v) is 1.80. The summed E-state index contributed by atoms with van der Waals surface area (Å²) in [6.45, 7) is 1.73. The van der Waals surface area contributed by atoms with E-state index in [9.17, 15) is 9.90 Å². The Labute approximate surface area is 90.1 Å². The third-order valence-corrected chi connectivity index (χ3v) is 2.55. The minimum absolute atomic E-state index is 0.206. The zero-order chi connectivity index (χ0) is 11.3. The fraction of sp³-hybridized carbons (Fsp3) is 0.583. The molecule has 1 rings (SSSR count). The number of esters is 1. The lowest BCUT2D eigenvalue weighted by Crippen LogP contribution is -2.26. The van der Waals surface area contributed by atoms with Gasteiger partial charge in [-0.3, -0.25) is 0 Å². The first-order chi connectivity index (χ1) is 7.19. The van der Waals surface area contributed by atoms with Crippen molar-refractivity contribution in [3.05, 3.63) is 11.6 Å². The molecule has 0 aromatic heterocycles. The van der Waals surface area contributed by atoms with Crippen molar-refractivity contribution in [2.75, 3.05) is 7.11 Å². The summed E-state index contributed by atoms with van der Waals surface area (Å²) in [5, 5.41) is 9.76. The number of hydrogen-bond acceptors (Lipinski definition) is 3. The van der Waals surface area contributed by atoms with Crippen molar-refractivity contribution in [3.63, 3.8) is 0 Å².